The molecule has 82 valence electrons. The zero-order valence-corrected chi connectivity index (χ0v) is 7.88. The predicted molar refractivity (Wildman–Crippen MR) is 47.8 cm³/mol. The predicted octanol–water partition coefficient (Wildman–Crippen LogP) is 1.74. The highest BCUT2D eigenvalue weighted by Gasteiger charge is 2.10. The number of rotatable bonds is 3. The molecule has 0 bridgehead atoms. The third-order valence-corrected chi connectivity index (χ3v) is 1.75. The summed E-state index contributed by atoms with van der Waals surface area (Å²) in [5.74, 6) is -1.77. The fraction of sp³-hybridized carbons (Fsp3) is 0.222. The van der Waals surface area contributed by atoms with Gasteiger partial charge in [-0.2, -0.15) is 0 Å². The minimum Gasteiger partial charge on any atom is -0.494 e. The van der Waals surface area contributed by atoms with E-state index in [4.69, 9.17) is 5.11 Å². The van der Waals surface area contributed by atoms with Crippen LogP contribution in [-0.4, -0.2) is 18.3 Å². The van der Waals surface area contributed by atoms with Crippen molar-refractivity contribution in [2.75, 3.05) is 7.11 Å². The van der Waals surface area contributed by atoms with Gasteiger partial charge in [-0.25, -0.2) is 13.6 Å². The maximum atomic E-state index is 13.1. The van der Waals surface area contributed by atoms with Crippen molar-refractivity contribution in [3.05, 3.63) is 29.3 Å². The Kier molecular flexibility index (Phi) is 3.43. The Hall–Kier alpha value is -1.85. The second kappa shape index (κ2) is 4.59. The number of carboxylic acid groups (broad SMARTS) is 1. The molecule has 1 aromatic rings. The average molecular weight is 217 g/mol. The van der Waals surface area contributed by atoms with Crippen molar-refractivity contribution in [1.82, 2.24) is 5.32 Å². The Bertz CT molecular complexity index is 382. The van der Waals surface area contributed by atoms with E-state index in [1.54, 1.807) is 0 Å². The maximum absolute atomic E-state index is 13.1. The van der Waals surface area contributed by atoms with Crippen molar-refractivity contribution in [2.24, 2.45) is 0 Å². The van der Waals surface area contributed by atoms with Gasteiger partial charge in [-0.15, -0.1) is 0 Å². The van der Waals surface area contributed by atoms with Gasteiger partial charge in [0.1, 0.15) is 5.82 Å². The molecule has 0 aliphatic rings. The first-order valence-corrected chi connectivity index (χ1v) is 4.03. The summed E-state index contributed by atoms with van der Waals surface area (Å²) in [6, 6.07) is 1.76. The zero-order chi connectivity index (χ0) is 11.4. The van der Waals surface area contributed by atoms with Crippen LogP contribution in [0.1, 0.15) is 5.56 Å². The van der Waals surface area contributed by atoms with Crippen molar-refractivity contribution < 1.29 is 23.4 Å². The van der Waals surface area contributed by atoms with Crippen molar-refractivity contribution in [3.8, 4) is 5.75 Å². The molecule has 1 amide bonds. The lowest BCUT2D eigenvalue weighted by atomic mass is 10.2. The molecule has 0 radical (unpaired) electrons. The lowest BCUT2D eigenvalue weighted by Crippen LogP contribution is -2.20. The summed E-state index contributed by atoms with van der Waals surface area (Å²) in [6.45, 7) is -0.238. The molecule has 0 aromatic heterocycles. The van der Waals surface area contributed by atoms with Crippen LogP contribution in [0.5, 0.6) is 5.75 Å². The van der Waals surface area contributed by atoms with Gasteiger partial charge in [0.15, 0.2) is 11.6 Å². The van der Waals surface area contributed by atoms with E-state index in [-0.39, 0.29) is 17.9 Å². The van der Waals surface area contributed by atoms with E-state index in [0.717, 1.165) is 6.07 Å². The quantitative estimate of drug-likeness (QED) is 0.810. The van der Waals surface area contributed by atoms with Crippen LogP contribution in [0.15, 0.2) is 12.1 Å². The number of ether oxygens (including phenoxy) is 1. The molecule has 0 aliphatic heterocycles. The molecule has 0 fully saturated rings. The maximum Gasteiger partial charge on any atom is 0.404 e. The fourth-order valence-corrected chi connectivity index (χ4v) is 1.03. The lowest BCUT2D eigenvalue weighted by molar-refractivity contribution is 0.194. The summed E-state index contributed by atoms with van der Waals surface area (Å²) in [4.78, 5) is 10.2. The summed E-state index contributed by atoms with van der Waals surface area (Å²) in [5, 5.41) is 10.3. The molecule has 4 nitrogen and oxygen atoms in total. The number of hydrogen-bond donors (Lipinski definition) is 2. The van der Waals surface area contributed by atoms with E-state index in [2.05, 4.69) is 4.74 Å². The van der Waals surface area contributed by atoms with Gasteiger partial charge in [0.2, 0.25) is 0 Å². The number of halogens is 2. The summed E-state index contributed by atoms with van der Waals surface area (Å²) >= 11 is 0. The highest BCUT2D eigenvalue weighted by atomic mass is 19.1. The van der Waals surface area contributed by atoms with Crippen LogP contribution < -0.4 is 10.1 Å². The molecule has 0 saturated heterocycles. The van der Waals surface area contributed by atoms with E-state index in [9.17, 15) is 13.6 Å². The number of amides is 1. The van der Waals surface area contributed by atoms with E-state index < -0.39 is 17.7 Å². The van der Waals surface area contributed by atoms with Crippen LogP contribution in [0, 0.1) is 11.6 Å². The van der Waals surface area contributed by atoms with Crippen LogP contribution in [-0.2, 0) is 6.54 Å². The molecule has 15 heavy (non-hydrogen) atoms. The molecular formula is C9H9F2NO3. The Morgan fingerprint density at radius 3 is 2.67 bits per heavy atom. The molecule has 0 atom stereocenters. The SMILES string of the molecule is COc1cc(CNC(=O)O)c(F)cc1F. The molecule has 0 heterocycles. The van der Waals surface area contributed by atoms with Crippen LogP contribution in [0.2, 0.25) is 0 Å². The van der Waals surface area contributed by atoms with Crippen LogP contribution in [0.25, 0.3) is 0 Å². The molecule has 0 spiro atoms. The van der Waals surface area contributed by atoms with Gasteiger partial charge < -0.3 is 15.2 Å². The van der Waals surface area contributed by atoms with E-state index >= 15 is 0 Å². The first-order chi connectivity index (χ1) is 7.04. The lowest BCUT2D eigenvalue weighted by Gasteiger charge is -2.07. The highest BCUT2D eigenvalue weighted by Crippen LogP contribution is 2.21. The Balaban J connectivity index is 2.92. The molecule has 0 unspecified atom stereocenters. The zero-order valence-electron chi connectivity index (χ0n) is 7.88. The van der Waals surface area contributed by atoms with Crippen LogP contribution in [0.4, 0.5) is 13.6 Å². The number of benzene rings is 1. The first-order valence-electron chi connectivity index (χ1n) is 4.03. The largest absolute Gasteiger partial charge is 0.494 e. The topological polar surface area (TPSA) is 58.6 Å². The number of nitrogens with one attached hydrogen (secondary N) is 1. The normalized spacial score (nSPS) is 9.80. The van der Waals surface area contributed by atoms with Gasteiger partial charge in [0.25, 0.3) is 0 Å². The van der Waals surface area contributed by atoms with Crippen molar-refractivity contribution >= 4 is 6.09 Å². The van der Waals surface area contributed by atoms with Crippen molar-refractivity contribution in [1.29, 1.82) is 0 Å². The second-order valence-electron chi connectivity index (χ2n) is 2.74. The first kappa shape index (κ1) is 11.2. The molecule has 1 aromatic carbocycles. The summed E-state index contributed by atoms with van der Waals surface area (Å²) in [5.41, 5.74) is 0.0238. The number of carbonyl (C=O) groups is 1. The molecular weight excluding hydrogens is 208 g/mol. The standard InChI is InChI=1S/C9H9F2NO3/c1-15-8-2-5(4-12-9(13)14)6(10)3-7(8)11/h2-3,12H,4H2,1H3,(H,13,14). The number of methoxy groups -OCH3 is 1. The fourth-order valence-electron chi connectivity index (χ4n) is 1.03. The van der Waals surface area contributed by atoms with Gasteiger partial charge >= 0.3 is 6.09 Å². The van der Waals surface area contributed by atoms with E-state index in [1.165, 1.54) is 7.11 Å². The van der Waals surface area contributed by atoms with Crippen molar-refractivity contribution in [2.45, 2.75) is 6.54 Å². The smallest absolute Gasteiger partial charge is 0.404 e. The van der Waals surface area contributed by atoms with E-state index in [0.29, 0.717) is 6.07 Å². The van der Waals surface area contributed by atoms with E-state index in [1.807, 2.05) is 5.32 Å². The summed E-state index contributed by atoms with van der Waals surface area (Å²) < 4.78 is 30.6. The van der Waals surface area contributed by atoms with Crippen LogP contribution in [0.3, 0.4) is 0 Å². The third kappa shape index (κ3) is 2.80. The Morgan fingerprint density at radius 1 is 1.47 bits per heavy atom. The molecule has 2 N–H and O–H groups in total. The van der Waals surface area contributed by atoms with Gasteiger partial charge in [0.05, 0.1) is 7.11 Å². The molecule has 6 heteroatoms. The monoisotopic (exact) mass is 217 g/mol. The number of hydrogen-bond acceptors (Lipinski definition) is 2. The summed E-state index contributed by atoms with van der Waals surface area (Å²) in [6.07, 6.45) is -1.28. The second-order valence-corrected chi connectivity index (χ2v) is 2.74. The van der Waals surface area contributed by atoms with Crippen molar-refractivity contribution in [3.63, 3.8) is 0 Å². The van der Waals surface area contributed by atoms with Gasteiger partial charge in [-0.05, 0) is 6.07 Å². The van der Waals surface area contributed by atoms with Gasteiger partial charge in [-0.1, -0.05) is 0 Å². The molecule has 0 saturated carbocycles. The minimum atomic E-state index is -1.28. The average Bonchev–Trinajstić information content (AvgIpc) is 2.16. The van der Waals surface area contributed by atoms with Gasteiger partial charge in [0, 0.05) is 18.2 Å². The molecule has 1 rings (SSSR count). The highest BCUT2D eigenvalue weighted by molar-refractivity contribution is 5.64. The minimum absolute atomic E-state index is 0.0238. The summed E-state index contributed by atoms with van der Waals surface area (Å²) in [7, 11) is 1.24. The molecule has 0 aliphatic carbocycles. The van der Waals surface area contributed by atoms with Gasteiger partial charge in [-0.3, -0.25) is 0 Å². The Morgan fingerprint density at radius 2 is 2.13 bits per heavy atom. The third-order valence-electron chi connectivity index (χ3n) is 1.75. The Labute approximate surface area is 84.5 Å². The van der Waals surface area contributed by atoms with Crippen LogP contribution >= 0.6 is 0 Å².